The van der Waals surface area contributed by atoms with Crippen LogP contribution in [0.15, 0.2) is 17.2 Å². The maximum atomic E-state index is 12.7. The van der Waals surface area contributed by atoms with E-state index in [9.17, 15) is 8.42 Å². The third-order valence-corrected chi connectivity index (χ3v) is 6.04. The number of methoxy groups -OCH3 is 1. The first-order valence-corrected chi connectivity index (χ1v) is 9.60. The molecule has 1 N–H and O–H groups in total. The standard InChI is InChI=1S/C16H27BN2O5S/c1-14(2,3)19-25(20,21)12-9-11(10-18-13(12)22-8)17-23-15(4,5)16(6,7)24-17/h9-10,19H,1-8H3. The highest BCUT2D eigenvalue weighted by Crippen LogP contribution is 2.36. The number of rotatable bonds is 4. The molecule has 0 radical (unpaired) electrons. The van der Waals surface area contributed by atoms with E-state index in [0.29, 0.717) is 5.46 Å². The zero-order chi connectivity index (χ0) is 19.3. The van der Waals surface area contributed by atoms with Crippen LogP contribution in [0.2, 0.25) is 0 Å². The summed E-state index contributed by atoms with van der Waals surface area (Å²) >= 11 is 0. The zero-order valence-corrected chi connectivity index (χ0v) is 16.9. The van der Waals surface area contributed by atoms with Gasteiger partial charge in [-0.05, 0) is 54.5 Å². The highest BCUT2D eigenvalue weighted by atomic mass is 32.2. The summed E-state index contributed by atoms with van der Waals surface area (Å²) < 4.78 is 45.2. The Morgan fingerprint density at radius 3 is 2.12 bits per heavy atom. The van der Waals surface area contributed by atoms with E-state index in [1.807, 2.05) is 27.7 Å². The van der Waals surface area contributed by atoms with Gasteiger partial charge in [-0.2, -0.15) is 0 Å². The van der Waals surface area contributed by atoms with Gasteiger partial charge in [0.2, 0.25) is 15.9 Å². The Labute approximate surface area is 150 Å². The van der Waals surface area contributed by atoms with Crippen LogP contribution in [0.5, 0.6) is 5.88 Å². The second-order valence-electron chi connectivity index (χ2n) is 8.22. The van der Waals surface area contributed by atoms with Gasteiger partial charge in [0.25, 0.3) is 0 Å². The smallest absolute Gasteiger partial charge is 0.480 e. The van der Waals surface area contributed by atoms with Crippen LogP contribution in [0.3, 0.4) is 0 Å². The minimum atomic E-state index is -3.82. The van der Waals surface area contributed by atoms with Crippen LogP contribution in [0.4, 0.5) is 0 Å². The van der Waals surface area contributed by atoms with Crippen molar-refractivity contribution in [3.63, 3.8) is 0 Å². The van der Waals surface area contributed by atoms with Gasteiger partial charge in [0.15, 0.2) is 0 Å². The summed E-state index contributed by atoms with van der Waals surface area (Å²) in [5.41, 5.74) is -1.17. The molecule has 7 nitrogen and oxygen atoms in total. The minimum Gasteiger partial charge on any atom is -0.480 e. The van der Waals surface area contributed by atoms with Gasteiger partial charge in [0.1, 0.15) is 4.90 Å². The fourth-order valence-electron chi connectivity index (χ4n) is 2.36. The van der Waals surface area contributed by atoms with Crippen molar-refractivity contribution in [2.75, 3.05) is 7.11 Å². The summed E-state index contributed by atoms with van der Waals surface area (Å²) in [5.74, 6) is 0.0250. The molecule has 0 unspecified atom stereocenters. The summed E-state index contributed by atoms with van der Waals surface area (Å²) in [6, 6.07) is 1.49. The Morgan fingerprint density at radius 1 is 1.16 bits per heavy atom. The Balaban J connectivity index is 2.45. The van der Waals surface area contributed by atoms with Crippen LogP contribution in [0.25, 0.3) is 0 Å². The van der Waals surface area contributed by atoms with Gasteiger partial charge in [-0.3, -0.25) is 0 Å². The highest BCUT2D eigenvalue weighted by Gasteiger charge is 2.52. The number of pyridine rings is 1. The molecule has 0 spiro atoms. The molecule has 0 amide bonds. The third kappa shape index (κ3) is 4.16. The third-order valence-electron chi connectivity index (χ3n) is 4.29. The first-order chi connectivity index (χ1) is 11.2. The fourth-order valence-corrected chi connectivity index (χ4v) is 3.93. The summed E-state index contributed by atoms with van der Waals surface area (Å²) in [5, 5.41) is 0. The van der Waals surface area contributed by atoms with E-state index in [1.165, 1.54) is 19.4 Å². The first-order valence-electron chi connectivity index (χ1n) is 8.12. The Kier molecular flexibility index (Phi) is 5.02. The Hall–Kier alpha value is -1.16. The van der Waals surface area contributed by atoms with Gasteiger partial charge in [0.05, 0.1) is 18.3 Å². The van der Waals surface area contributed by atoms with Gasteiger partial charge < -0.3 is 14.0 Å². The SMILES string of the molecule is COc1ncc(B2OC(C)(C)C(C)(C)O2)cc1S(=O)(=O)NC(C)(C)C. The number of nitrogens with zero attached hydrogens (tertiary/aromatic N) is 1. The summed E-state index contributed by atoms with van der Waals surface area (Å²) in [4.78, 5) is 4.09. The van der Waals surface area contributed by atoms with Gasteiger partial charge >= 0.3 is 7.12 Å². The molecule has 1 fully saturated rings. The lowest BCUT2D eigenvalue weighted by atomic mass is 9.80. The summed E-state index contributed by atoms with van der Waals surface area (Å²) in [6.45, 7) is 13.0. The van der Waals surface area contributed by atoms with Crippen molar-refractivity contribution < 1.29 is 22.5 Å². The number of sulfonamides is 1. The molecule has 1 saturated heterocycles. The van der Waals surface area contributed by atoms with E-state index in [1.54, 1.807) is 20.8 Å². The van der Waals surface area contributed by atoms with Crippen molar-refractivity contribution >= 4 is 22.6 Å². The van der Waals surface area contributed by atoms with Crippen LogP contribution in [-0.2, 0) is 19.3 Å². The first kappa shape index (κ1) is 20.2. The quantitative estimate of drug-likeness (QED) is 0.808. The predicted molar refractivity (Wildman–Crippen MR) is 96.6 cm³/mol. The molecule has 0 saturated carbocycles. The molecule has 1 aromatic rings. The van der Waals surface area contributed by atoms with E-state index in [-0.39, 0.29) is 10.8 Å². The van der Waals surface area contributed by atoms with E-state index in [4.69, 9.17) is 14.0 Å². The zero-order valence-electron chi connectivity index (χ0n) is 16.1. The number of aromatic nitrogens is 1. The lowest BCUT2D eigenvalue weighted by Crippen LogP contribution is -2.41. The second-order valence-corrected chi connectivity index (χ2v) is 9.87. The van der Waals surface area contributed by atoms with Crippen molar-refractivity contribution in [1.82, 2.24) is 9.71 Å². The Morgan fingerprint density at radius 2 is 1.68 bits per heavy atom. The van der Waals surface area contributed by atoms with Crippen molar-refractivity contribution in [2.45, 2.75) is 70.1 Å². The maximum Gasteiger partial charge on any atom is 0.496 e. The molecule has 1 aliphatic rings. The maximum absolute atomic E-state index is 12.7. The molecule has 2 heterocycles. The number of nitrogens with one attached hydrogen (secondary N) is 1. The number of hydrogen-bond donors (Lipinski definition) is 1. The fraction of sp³-hybridized carbons (Fsp3) is 0.688. The number of ether oxygens (including phenoxy) is 1. The molecule has 1 aromatic heterocycles. The predicted octanol–water partition coefficient (Wildman–Crippen LogP) is 1.47. The van der Waals surface area contributed by atoms with Gasteiger partial charge in [-0.15, -0.1) is 0 Å². The lowest BCUT2D eigenvalue weighted by molar-refractivity contribution is 0.00578. The molecular formula is C16H27BN2O5S. The molecule has 0 aliphatic carbocycles. The molecule has 0 bridgehead atoms. The molecule has 1 aliphatic heterocycles. The van der Waals surface area contributed by atoms with Crippen LogP contribution < -0.4 is 14.9 Å². The molecule has 25 heavy (non-hydrogen) atoms. The normalized spacial score (nSPS) is 19.9. The molecule has 0 atom stereocenters. The summed E-state index contributed by atoms with van der Waals surface area (Å²) in [6.07, 6.45) is 1.51. The monoisotopic (exact) mass is 370 g/mol. The van der Waals surface area contributed by atoms with E-state index >= 15 is 0 Å². The largest absolute Gasteiger partial charge is 0.496 e. The van der Waals surface area contributed by atoms with Crippen LogP contribution in [-0.4, -0.2) is 44.4 Å². The van der Waals surface area contributed by atoms with Gasteiger partial charge in [0, 0.05) is 17.2 Å². The highest BCUT2D eigenvalue weighted by molar-refractivity contribution is 7.89. The van der Waals surface area contributed by atoms with E-state index in [0.717, 1.165) is 0 Å². The number of hydrogen-bond acceptors (Lipinski definition) is 6. The molecule has 0 aromatic carbocycles. The lowest BCUT2D eigenvalue weighted by Gasteiger charge is -2.32. The van der Waals surface area contributed by atoms with Crippen molar-refractivity contribution in [2.24, 2.45) is 0 Å². The average molecular weight is 370 g/mol. The van der Waals surface area contributed by atoms with E-state index < -0.39 is 33.9 Å². The summed E-state index contributed by atoms with van der Waals surface area (Å²) in [7, 11) is -3.14. The molecular weight excluding hydrogens is 343 g/mol. The molecule has 140 valence electrons. The van der Waals surface area contributed by atoms with Gasteiger partial charge in [-0.1, -0.05) is 0 Å². The minimum absolute atomic E-state index is 0.0250. The Bertz CT molecular complexity index is 740. The average Bonchev–Trinajstić information content (AvgIpc) is 2.64. The second kappa shape index (κ2) is 6.23. The van der Waals surface area contributed by atoms with Crippen LogP contribution in [0, 0.1) is 0 Å². The van der Waals surface area contributed by atoms with Crippen molar-refractivity contribution in [3.05, 3.63) is 12.3 Å². The molecule has 9 heteroatoms. The van der Waals surface area contributed by atoms with Crippen molar-refractivity contribution in [1.29, 1.82) is 0 Å². The topological polar surface area (TPSA) is 86.8 Å². The van der Waals surface area contributed by atoms with Crippen LogP contribution in [0.1, 0.15) is 48.5 Å². The van der Waals surface area contributed by atoms with Gasteiger partial charge in [-0.25, -0.2) is 18.1 Å². The van der Waals surface area contributed by atoms with Crippen molar-refractivity contribution in [3.8, 4) is 5.88 Å². The van der Waals surface area contributed by atoms with E-state index in [2.05, 4.69) is 9.71 Å². The molecule has 2 rings (SSSR count). The van der Waals surface area contributed by atoms with Crippen LogP contribution >= 0.6 is 0 Å².